The summed E-state index contributed by atoms with van der Waals surface area (Å²) in [4.78, 5) is 23.5. The minimum absolute atomic E-state index is 0.241. The second-order valence-corrected chi connectivity index (χ2v) is 5.73. The summed E-state index contributed by atoms with van der Waals surface area (Å²) in [6.45, 7) is 2.58. The molecule has 8 nitrogen and oxygen atoms in total. The Labute approximate surface area is 144 Å². The lowest BCUT2D eigenvalue weighted by Crippen LogP contribution is -2.30. The Hall–Kier alpha value is -3.03. The van der Waals surface area contributed by atoms with E-state index in [0.29, 0.717) is 36.0 Å². The van der Waals surface area contributed by atoms with Crippen LogP contribution < -0.4 is 15.2 Å². The lowest BCUT2D eigenvalue weighted by Gasteiger charge is -2.11. The smallest absolute Gasteiger partial charge is 0.342 e. The topological polar surface area (TPSA) is 106 Å². The molecule has 25 heavy (non-hydrogen) atoms. The molecule has 1 aliphatic rings. The van der Waals surface area contributed by atoms with Crippen molar-refractivity contribution in [3.05, 3.63) is 30.0 Å². The number of carbonyl (C=O) groups is 2. The van der Waals surface area contributed by atoms with Crippen molar-refractivity contribution in [3.8, 4) is 22.8 Å². The van der Waals surface area contributed by atoms with E-state index in [0.717, 1.165) is 6.42 Å². The van der Waals surface area contributed by atoms with Gasteiger partial charge in [0, 0.05) is 25.2 Å². The Balaban J connectivity index is 1.94. The molecular formula is C17H19N3O5. The van der Waals surface area contributed by atoms with Gasteiger partial charge >= 0.3 is 5.97 Å². The third-order valence-electron chi connectivity index (χ3n) is 3.75. The molecule has 0 fully saturated rings. The fraction of sp³-hybridized carbons (Fsp3) is 0.353. The van der Waals surface area contributed by atoms with Gasteiger partial charge in [0.15, 0.2) is 17.6 Å². The van der Waals surface area contributed by atoms with E-state index in [4.69, 9.17) is 19.9 Å². The molecule has 132 valence electrons. The highest BCUT2D eigenvalue weighted by Gasteiger charge is 2.23. The van der Waals surface area contributed by atoms with E-state index >= 15 is 0 Å². The van der Waals surface area contributed by atoms with Crippen molar-refractivity contribution in [2.75, 3.05) is 13.2 Å². The van der Waals surface area contributed by atoms with Crippen molar-refractivity contribution < 1.29 is 23.8 Å². The van der Waals surface area contributed by atoms with Crippen LogP contribution in [0.5, 0.6) is 11.5 Å². The van der Waals surface area contributed by atoms with Gasteiger partial charge < -0.3 is 19.9 Å². The Morgan fingerprint density at radius 2 is 2.00 bits per heavy atom. The number of ether oxygens (including phenoxy) is 3. The fourth-order valence-electron chi connectivity index (χ4n) is 2.44. The van der Waals surface area contributed by atoms with Crippen LogP contribution in [0.2, 0.25) is 0 Å². The molecule has 0 aliphatic carbocycles. The number of benzene rings is 1. The first-order chi connectivity index (χ1) is 12.0. The highest BCUT2D eigenvalue weighted by atomic mass is 16.5. The zero-order valence-electron chi connectivity index (χ0n) is 14.0. The Morgan fingerprint density at radius 3 is 2.72 bits per heavy atom. The molecule has 3 rings (SSSR count). The first-order valence-electron chi connectivity index (χ1n) is 7.89. The van der Waals surface area contributed by atoms with Gasteiger partial charge in [-0.3, -0.25) is 9.48 Å². The molecule has 0 saturated carbocycles. The summed E-state index contributed by atoms with van der Waals surface area (Å²) in [5.74, 6) is -0.120. The first kappa shape index (κ1) is 16.8. The Morgan fingerprint density at radius 1 is 1.28 bits per heavy atom. The highest BCUT2D eigenvalue weighted by molar-refractivity contribution is 5.97. The van der Waals surface area contributed by atoms with Crippen molar-refractivity contribution in [2.45, 2.75) is 19.4 Å². The average molecular weight is 345 g/mol. The molecule has 0 unspecified atom stereocenters. The highest BCUT2D eigenvalue weighted by Crippen LogP contribution is 2.34. The zero-order chi connectivity index (χ0) is 18.0. The Kier molecular flexibility index (Phi) is 4.60. The van der Waals surface area contributed by atoms with Crippen molar-refractivity contribution in [1.29, 1.82) is 0 Å². The summed E-state index contributed by atoms with van der Waals surface area (Å²) in [6, 6.07) is 5.35. The molecule has 1 aromatic carbocycles. The summed E-state index contributed by atoms with van der Waals surface area (Å²) in [5, 5.41) is 4.33. The second-order valence-electron chi connectivity index (χ2n) is 5.73. The van der Waals surface area contributed by atoms with Crippen LogP contribution in [0.25, 0.3) is 11.3 Å². The second kappa shape index (κ2) is 6.84. The summed E-state index contributed by atoms with van der Waals surface area (Å²) in [5.41, 5.74) is 6.50. The third-order valence-corrected chi connectivity index (χ3v) is 3.75. The number of nitrogens with two attached hydrogens (primary N) is 1. The maximum Gasteiger partial charge on any atom is 0.342 e. The lowest BCUT2D eigenvalue weighted by atomic mass is 10.1. The van der Waals surface area contributed by atoms with Gasteiger partial charge in [-0.05, 0) is 25.1 Å². The molecule has 0 radical (unpaired) electrons. The fourth-order valence-corrected chi connectivity index (χ4v) is 2.44. The number of aromatic nitrogens is 2. The van der Waals surface area contributed by atoms with Crippen LogP contribution in [-0.2, 0) is 16.6 Å². The summed E-state index contributed by atoms with van der Waals surface area (Å²) < 4.78 is 17.9. The first-order valence-corrected chi connectivity index (χ1v) is 7.89. The summed E-state index contributed by atoms with van der Waals surface area (Å²) in [6.07, 6.45) is 1.31. The SMILES string of the molecule is C[C@@H](OC(=O)c1cn(C)nc1-c1ccc2c(c1)OCCCO2)C(N)=O. The van der Waals surface area contributed by atoms with E-state index in [1.807, 2.05) is 0 Å². The zero-order valence-corrected chi connectivity index (χ0v) is 14.0. The molecule has 1 aromatic heterocycles. The third kappa shape index (κ3) is 3.57. The van der Waals surface area contributed by atoms with Gasteiger partial charge in [-0.1, -0.05) is 0 Å². The number of fused-ring (bicyclic) bond motifs is 1. The molecule has 0 spiro atoms. The number of esters is 1. The summed E-state index contributed by atoms with van der Waals surface area (Å²) >= 11 is 0. The summed E-state index contributed by atoms with van der Waals surface area (Å²) in [7, 11) is 1.70. The predicted octanol–water partition coefficient (Wildman–Crippen LogP) is 1.28. The molecule has 2 heterocycles. The van der Waals surface area contributed by atoms with E-state index in [1.54, 1.807) is 25.2 Å². The number of nitrogens with zero attached hydrogens (tertiary/aromatic N) is 2. The molecule has 1 amide bonds. The van der Waals surface area contributed by atoms with E-state index in [9.17, 15) is 9.59 Å². The molecule has 2 aromatic rings. The van der Waals surface area contributed by atoms with Crippen molar-refractivity contribution in [1.82, 2.24) is 9.78 Å². The molecule has 1 atom stereocenters. The maximum atomic E-state index is 12.4. The van der Waals surface area contributed by atoms with E-state index in [1.165, 1.54) is 17.8 Å². The standard InChI is InChI=1S/C17H19N3O5/c1-10(16(18)21)25-17(22)12-9-20(2)19-15(12)11-4-5-13-14(8-11)24-7-3-6-23-13/h4-5,8-10H,3,6-7H2,1-2H3,(H2,18,21)/t10-/m1/s1. The monoisotopic (exact) mass is 345 g/mol. The quantitative estimate of drug-likeness (QED) is 0.837. The number of aryl methyl sites for hydroxylation is 1. The van der Waals surface area contributed by atoms with Crippen LogP contribution in [0.4, 0.5) is 0 Å². The number of hydrogen-bond acceptors (Lipinski definition) is 6. The number of rotatable bonds is 4. The number of primary amides is 1. The Bertz CT molecular complexity index is 815. The van der Waals surface area contributed by atoms with E-state index in [-0.39, 0.29) is 5.56 Å². The van der Waals surface area contributed by atoms with Gasteiger partial charge in [0.1, 0.15) is 11.3 Å². The van der Waals surface area contributed by atoms with Crippen LogP contribution in [0, 0.1) is 0 Å². The molecule has 0 bridgehead atoms. The minimum atomic E-state index is -1.02. The lowest BCUT2D eigenvalue weighted by molar-refractivity contribution is -0.125. The number of hydrogen-bond donors (Lipinski definition) is 1. The molecule has 1 aliphatic heterocycles. The van der Waals surface area contributed by atoms with Crippen LogP contribution in [-0.4, -0.2) is 41.0 Å². The van der Waals surface area contributed by atoms with Crippen molar-refractivity contribution in [2.24, 2.45) is 12.8 Å². The molecular weight excluding hydrogens is 326 g/mol. The minimum Gasteiger partial charge on any atom is -0.490 e. The van der Waals surface area contributed by atoms with Gasteiger partial charge in [0.2, 0.25) is 0 Å². The molecule has 8 heteroatoms. The molecule has 0 saturated heterocycles. The van der Waals surface area contributed by atoms with Crippen molar-refractivity contribution >= 4 is 11.9 Å². The van der Waals surface area contributed by atoms with E-state index in [2.05, 4.69) is 5.10 Å². The average Bonchev–Trinajstić information content (AvgIpc) is 2.82. The largest absolute Gasteiger partial charge is 0.490 e. The van der Waals surface area contributed by atoms with Gasteiger partial charge in [-0.2, -0.15) is 5.10 Å². The van der Waals surface area contributed by atoms with Gasteiger partial charge in [0.25, 0.3) is 5.91 Å². The normalized spacial score (nSPS) is 14.5. The van der Waals surface area contributed by atoms with Crippen LogP contribution in [0.3, 0.4) is 0 Å². The van der Waals surface area contributed by atoms with E-state index < -0.39 is 18.0 Å². The maximum absolute atomic E-state index is 12.4. The molecule has 2 N–H and O–H groups in total. The number of carbonyl (C=O) groups excluding carboxylic acids is 2. The van der Waals surface area contributed by atoms with Gasteiger partial charge in [-0.15, -0.1) is 0 Å². The van der Waals surface area contributed by atoms with Crippen LogP contribution in [0.15, 0.2) is 24.4 Å². The van der Waals surface area contributed by atoms with Gasteiger partial charge in [0.05, 0.1) is 13.2 Å². The van der Waals surface area contributed by atoms with Crippen LogP contribution >= 0.6 is 0 Å². The van der Waals surface area contributed by atoms with Crippen LogP contribution in [0.1, 0.15) is 23.7 Å². The van der Waals surface area contributed by atoms with Crippen molar-refractivity contribution in [3.63, 3.8) is 0 Å². The number of amides is 1. The predicted molar refractivity (Wildman–Crippen MR) is 88.3 cm³/mol. The van der Waals surface area contributed by atoms with Gasteiger partial charge in [-0.25, -0.2) is 4.79 Å².